The Balaban J connectivity index is 1.30. The fourth-order valence-corrected chi connectivity index (χ4v) is 6.51. The van der Waals surface area contributed by atoms with Crippen molar-refractivity contribution in [2.45, 2.75) is 24.5 Å². The number of nitrogens with zero attached hydrogens (tertiary/aromatic N) is 1. The summed E-state index contributed by atoms with van der Waals surface area (Å²) in [4.78, 5) is 42.9. The molecule has 3 amide bonds. The van der Waals surface area contributed by atoms with Gasteiger partial charge in [0.1, 0.15) is 11.3 Å². The van der Waals surface area contributed by atoms with Crippen molar-refractivity contribution >= 4 is 35.0 Å². The van der Waals surface area contributed by atoms with Gasteiger partial charge in [0.25, 0.3) is 0 Å². The molecule has 4 heterocycles. The normalized spacial score (nSPS) is 26.7. The minimum Gasteiger partial charge on any atom is -0.508 e. The smallest absolute Gasteiger partial charge is 0.250 e. The number of para-hydroxylation sites is 1. The van der Waals surface area contributed by atoms with E-state index in [2.05, 4.69) is 10.6 Å². The highest BCUT2D eigenvalue weighted by molar-refractivity contribution is 6.35. The third-order valence-corrected chi connectivity index (χ3v) is 8.28. The first kappa shape index (κ1) is 23.1. The molecule has 38 heavy (non-hydrogen) atoms. The van der Waals surface area contributed by atoms with E-state index in [0.717, 1.165) is 5.56 Å². The maximum atomic E-state index is 14.0. The van der Waals surface area contributed by atoms with Crippen molar-refractivity contribution in [3.8, 4) is 17.2 Å². The van der Waals surface area contributed by atoms with Gasteiger partial charge in [-0.15, -0.1) is 0 Å². The van der Waals surface area contributed by atoms with Crippen LogP contribution >= 0.6 is 11.6 Å². The Hall–Kier alpha value is -4.08. The first-order valence-electron chi connectivity index (χ1n) is 12.3. The van der Waals surface area contributed by atoms with Crippen molar-refractivity contribution in [2.24, 2.45) is 11.8 Å². The number of aromatic hydroxyl groups is 1. The number of halogens is 1. The number of fused-ring (bicyclic) bond motifs is 5. The molecular weight excluding hydrogens is 510 g/mol. The molecule has 0 saturated carbocycles. The molecule has 4 atom stereocenters. The second-order valence-electron chi connectivity index (χ2n) is 10.00. The third kappa shape index (κ3) is 3.18. The SMILES string of the molecule is O=C1[C@H]2[C@@H](C(=O)N1Cc1ccc3c(c1)OCO3)[C@]1(N[C@@H]2Cc2ccc(O)cc2)C(=O)Nc2c(Cl)cccc21. The number of amides is 3. The van der Waals surface area contributed by atoms with Crippen LogP contribution in [0.5, 0.6) is 17.2 Å². The summed E-state index contributed by atoms with van der Waals surface area (Å²) >= 11 is 6.42. The maximum Gasteiger partial charge on any atom is 0.250 e. The van der Waals surface area contributed by atoms with Gasteiger partial charge in [-0.25, -0.2) is 0 Å². The summed E-state index contributed by atoms with van der Waals surface area (Å²) in [5, 5.41) is 16.3. The number of carbonyl (C=O) groups is 3. The lowest BCUT2D eigenvalue weighted by molar-refractivity contribution is -0.143. The van der Waals surface area contributed by atoms with E-state index in [4.69, 9.17) is 21.1 Å². The van der Waals surface area contributed by atoms with E-state index < -0.39 is 35.2 Å². The highest BCUT2D eigenvalue weighted by Crippen LogP contribution is 2.54. The summed E-state index contributed by atoms with van der Waals surface area (Å²) in [6.07, 6.45) is 0.378. The molecule has 0 radical (unpaired) electrons. The van der Waals surface area contributed by atoms with Crippen molar-refractivity contribution in [3.63, 3.8) is 0 Å². The van der Waals surface area contributed by atoms with Gasteiger partial charge in [-0.05, 0) is 47.9 Å². The predicted molar refractivity (Wildman–Crippen MR) is 136 cm³/mol. The lowest BCUT2D eigenvalue weighted by atomic mass is 9.76. The van der Waals surface area contributed by atoms with E-state index in [0.29, 0.717) is 39.8 Å². The van der Waals surface area contributed by atoms with Crippen LogP contribution in [0.4, 0.5) is 5.69 Å². The zero-order chi connectivity index (χ0) is 26.2. The number of benzene rings is 3. The number of hydrogen-bond acceptors (Lipinski definition) is 7. The number of ether oxygens (including phenoxy) is 2. The van der Waals surface area contributed by atoms with Gasteiger partial charge in [-0.3, -0.25) is 24.6 Å². The zero-order valence-electron chi connectivity index (χ0n) is 19.9. The van der Waals surface area contributed by atoms with E-state index in [1.807, 2.05) is 0 Å². The molecule has 7 rings (SSSR count). The fourth-order valence-electron chi connectivity index (χ4n) is 6.29. The minimum absolute atomic E-state index is 0.0489. The van der Waals surface area contributed by atoms with Gasteiger partial charge < -0.3 is 19.9 Å². The Morgan fingerprint density at radius 2 is 1.74 bits per heavy atom. The van der Waals surface area contributed by atoms with E-state index >= 15 is 0 Å². The molecule has 0 aliphatic carbocycles. The number of imide groups is 1. The van der Waals surface area contributed by atoms with Crippen molar-refractivity contribution in [1.82, 2.24) is 10.2 Å². The summed E-state index contributed by atoms with van der Waals surface area (Å²) in [5.74, 6) is -1.60. The molecule has 3 N–H and O–H groups in total. The van der Waals surface area contributed by atoms with Crippen LogP contribution < -0.4 is 20.1 Å². The number of anilines is 1. The summed E-state index contributed by atoms with van der Waals surface area (Å²) in [6, 6.07) is 16.6. The standard InChI is InChI=1S/C28H22ClN3O6/c29-18-3-1-2-17-24(18)30-27(36)28(17)23-22(19(31-28)10-14-4-7-16(33)8-5-14)25(34)32(26(23)35)12-15-6-9-20-21(11-15)38-13-37-20/h1-9,11,19,22-23,31,33H,10,12-13H2,(H,30,36)/t19-,22-,23+,28+/m1/s1. The van der Waals surface area contributed by atoms with E-state index in [1.54, 1.807) is 60.7 Å². The molecule has 0 aromatic heterocycles. The zero-order valence-corrected chi connectivity index (χ0v) is 20.7. The molecule has 9 nitrogen and oxygen atoms in total. The van der Waals surface area contributed by atoms with Crippen LogP contribution in [0, 0.1) is 11.8 Å². The number of nitrogens with one attached hydrogen (secondary N) is 2. The van der Waals surface area contributed by atoms with Gasteiger partial charge in [0.2, 0.25) is 24.5 Å². The second kappa shape index (κ2) is 8.21. The molecule has 3 aromatic carbocycles. The molecule has 0 unspecified atom stereocenters. The van der Waals surface area contributed by atoms with E-state index in [9.17, 15) is 19.5 Å². The largest absolute Gasteiger partial charge is 0.508 e. The number of hydrogen-bond donors (Lipinski definition) is 3. The van der Waals surface area contributed by atoms with Crippen LogP contribution in [0.2, 0.25) is 5.02 Å². The van der Waals surface area contributed by atoms with Gasteiger partial charge in [0.15, 0.2) is 11.5 Å². The van der Waals surface area contributed by atoms with E-state index in [-0.39, 0.29) is 25.0 Å². The molecule has 0 bridgehead atoms. The number of likely N-dealkylation sites (tertiary alicyclic amines) is 1. The Morgan fingerprint density at radius 3 is 2.55 bits per heavy atom. The van der Waals surface area contributed by atoms with Gasteiger partial charge >= 0.3 is 0 Å². The topological polar surface area (TPSA) is 117 Å². The van der Waals surface area contributed by atoms with Crippen LogP contribution in [0.1, 0.15) is 16.7 Å². The van der Waals surface area contributed by atoms with Crippen molar-refractivity contribution in [3.05, 3.63) is 82.4 Å². The minimum atomic E-state index is -1.44. The van der Waals surface area contributed by atoms with Crippen LogP contribution in [-0.4, -0.2) is 40.6 Å². The molecule has 2 fully saturated rings. The van der Waals surface area contributed by atoms with Gasteiger partial charge in [-0.1, -0.05) is 41.9 Å². The molecule has 2 saturated heterocycles. The number of carbonyl (C=O) groups excluding carboxylic acids is 3. The molecule has 3 aromatic rings. The average molecular weight is 532 g/mol. The predicted octanol–water partition coefficient (Wildman–Crippen LogP) is 2.94. The van der Waals surface area contributed by atoms with Crippen molar-refractivity contribution in [2.75, 3.05) is 12.1 Å². The summed E-state index contributed by atoms with van der Waals surface area (Å²) in [6.45, 7) is 0.169. The second-order valence-corrected chi connectivity index (χ2v) is 10.4. The first-order valence-corrected chi connectivity index (χ1v) is 12.6. The van der Waals surface area contributed by atoms with E-state index in [1.165, 1.54) is 4.90 Å². The van der Waals surface area contributed by atoms with Crippen LogP contribution in [0.25, 0.3) is 0 Å². The number of phenolic OH excluding ortho intramolecular Hbond substituents is 1. The summed E-state index contributed by atoms with van der Waals surface area (Å²) in [5.41, 5.74) is 1.14. The van der Waals surface area contributed by atoms with Crippen molar-refractivity contribution in [1.29, 1.82) is 0 Å². The maximum absolute atomic E-state index is 14.0. The van der Waals surface area contributed by atoms with Crippen molar-refractivity contribution < 1.29 is 29.0 Å². The lowest BCUT2D eigenvalue weighted by Gasteiger charge is -2.29. The van der Waals surface area contributed by atoms with Crippen LogP contribution in [0.15, 0.2) is 60.7 Å². The monoisotopic (exact) mass is 531 g/mol. The van der Waals surface area contributed by atoms with Gasteiger partial charge in [0.05, 0.1) is 29.1 Å². The van der Waals surface area contributed by atoms with Crippen LogP contribution in [-0.2, 0) is 32.9 Å². The first-order chi connectivity index (χ1) is 18.4. The third-order valence-electron chi connectivity index (χ3n) is 7.96. The Morgan fingerprint density at radius 1 is 0.974 bits per heavy atom. The Bertz CT molecular complexity index is 1530. The Labute approximate surface area is 222 Å². The lowest BCUT2D eigenvalue weighted by Crippen LogP contribution is -2.53. The molecule has 4 aliphatic rings. The van der Waals surface area contributed by atoms with Gasteiger partial charge in [0, 0.05) is 11.6 Å². The molecular formula is C28H22ClN3O6. The van der Waals surface area contributed by atoms with Gasteiger partial charge in [-0.2, -0.15) is 0 Å². The average Bonchev–Trinajstić information content (AvgIpc) is 3.63. The summed E-state index contributed by atoms with van der Waals surface area (Å²) < 4.78 is 10.8. The molecule has 10 heteroatoms. The highest BCUT2D eigenvalue weighted by atomic mass is 35.5. The number of rotatable bonds is 4. The molecule has 192 valence electrons. The number of phenols is 1. The highest BCUT2D eigenvalue weighted by Gasteiger charge is 2.70. The fraction of sp³-hybridized carbons (Fsp3) is 0.250. The van der Waals surface area contributed by atoms with Crippen LogP contribution in [0.3, 0.4) is 0 Å². The molecule has 4 aliphatic heterocycles. The quantitative estimate of drug-likeness (QED) is 0.443. The summed E-state index contributed by atoms with van der Waals surface area (Å²) in [7, 11) is 0. The molecule has 1 spiro atoms. The Kier molecular flexibility index (Phi) is 4.98.